The fraction of sp³-hybridized carbons (Fsp3) is 0.0909. The standard InChI is InChI=1S/C11H11BF3N4/c1-8-7-19(11(16)18-8)17-6-9-2-4-10(5-3-9)12(13,14)15/h2-7H,1H3,(H2,16,18)/q-1. The summed E-state index contributed by atoms with van der Waals surface area (Å²) in [5, 5.41) is 4.02. The van der Waals surface area contributed by atoms with Crippen LogP contribution in [0.3, 0.4) is 0 Å². The van der Waals surface area contributed by atoms with Gasteiger partial charge in [-0.05, 0) is 12.5 Å². The molecule has 0 aliphatic carbocycles. The summed E-state index contributed by atoms with van der Waals surface area (Å²) in [5.74, 6) is 0.226. The lowest BCUT2D eigenvalue weighted by Gasteiger charge is -2.14. The van der Waals surface area contributed by atoms with Crippen LogP contribution in [0.5, 0.6) is 0 Å². The van der Waals surface area contributed by atoms with Gasteiger partial charge in [0.25, 0.3) is 0 Å². The molecule has 0 unspecified atom stereocenters. The van der Waals surface area contributed by atoms with Crippen molar-refractivity contribution in [2.75, 3.05) is 5.73 Å². The molecule has 4 nitrogen and oxygen atoms in total. The van der Waals surface area contributed by atoms with Crippen molar-refractivity contribution in [3.63, 3.8) is 0 Å². The first-order valence-electron chi connectivity index (χ1n) is 5.52. The summed E-state index contributed by atoms with van der Waals surface area (Å²) in [6.45, 7) is -3.19. The molecule has 1 heterocycles. The Hall–Kier alpha value is -2.25. The van der Waals surface area contributed by atoms with Crippen molar-refractivity contribution in [1.82, 2.24) is 9.66 Å². The lowest BCUT2D eigenvalue weighted by Crippen LogP contribution is -2.33. The normalized spacial score (nSPS) is 12.2. The Balaban J connectivity index is 2.18. The molecule has 19 heavy (non-hydrogen) atoms. The van der Waals surface area contributed by atoms with E-state index in [-0.39, 0.29) is 5.95 Å². The number of hydrogen-bond donors (Lipinski definition) is 1. The van der Waals surface area contributed by atoms with Crippen LogP contribution in [-0.4, -0.2) is 22.9 Å². The highest BCUT2D eigenvalue weighted by Crippen LogP contribution is 2.09. The third-order valence-corrected chi connectivity index (χ3v) is 2.48. The number of benzene rings is 1. The van der Waals surface area contributed by atoms with Gasteiger partial charge in [-0.15, -0.1) is 5.46 Å². The van der Waals surface area contributed by atoms with Crippen LogP contribution < -0.4 is 11.2 Å². The van der Waals surface area contributed by atoms with E-state index in [1.54, 1.807) is 13.1 Å². The van der Waals surface area contributed by atoms with Gasteiger partial charge >= 0.3 is 6.98 Å². The minimum Gasteiger partial charge on any atom is -0.445 e. The van der Waals surface area contributed by atoms with Gasteiger partial charge in [-0.25, -0.2) is 9.66 Å². The van der Waals surface area contributed by atoms with E-state index in [0.29, 0.717) is 11.3 Å². The quantitative estimate of drug-likeness (QED) is 0.679. The highest BCUT2D eigenvalue weighted by Gasteiger charge is 2.24. The molecule has 0 radical (unpaired) electrons. The van der Waals surface area contributed by atoms with Crippen molar-refractivity contribution < 1.29 is 12.9 Å². The van der Waals surface area contributed by atoms with Gasteiger partial charge in [0.2, 0.25) is 5.95 Å². The number of nitrogens with two attached hydrogens (primary N) is 1. The van der Waals surface area contributed by atoms with Crippen LogP contribution in [0.1, 0.15) is 11.3 Å². The number of rotatable bonds is 3. The second kappa shape index (κ2) is 4.79. The number of aromatic nitrogens is 2. The van der Waals surface area contributed by atoms with Gasteiger partial charge in [0.05, 0.1) is 18.1 Å². The smallest absolute Gasteiger partial charge is 0.445 e. The van der Waals surface area contributed by atoms with Crippen LogP contribution in [0.15, 0.2) is 35.6 Å². The summed E-state index contributed by atoms with van der Waals surface area (Å²) in [5.41, 5.74) is 6.21. The number of anilines is 1. The molecule has 2 rings (SSSR count). The third kappa shape index (κ3) is 3.15. The van der Waals surface area contributed by atoms with Gasteiger partial charge in [0.1, 0.15) is 0 Å². The number of nitrogen functional groups attached to an aromatic ring is 1. The van der Waals surface area contributed by atoms with Crippen molar-refractivity contribution in [2.45, 2.75) is 6.92 Å². The summed E-state index contributed by atoms with van der Waals surface area (Å²) < 4.78 is 38.6. The molecule has 0 aliphatic heterocycles. The Morgan fingerprint density at radius 3 is 2.37 bits per heavy atom. The molecule has 0 aliphatic rings. The number of hydrogen-bond acceptors (Lipinski definition) is 3. The van der Waals surface area contributed by atoms with E-state index in [0.717, 1.165) is 12.1 Å². The molecule has 8 heteroatoms. The fourth-order valence-electron chi connectivity index (χ4n) is 1.53. The Morgan fingerprint density at radius 1 is 1.26 bits per heavy atom. The molecule has 0 amide bonds. The maximum absolute atomic E-state index is 12.4. The molecule has 2 N–H and O–H groups in total. The molecule has 0 spiro atoms. The van der Waals surface area contributed by atoms with E-state index in [9.17, 15) is 12.9 Å². The zero-order valence-corrected chi connectivity index (χ0v) is 10.1. The van der Waals surface area contributed by atoms with E-state index in [1.165, 1.54) is 23.0 Å². The molecule has 0 atom stereocenters. The maximum atomic E-state index is 12.4. The number of aryl methyl sites for hydroxylation is 1. The van der Waals surface area contributed by atoms with Crippen molar-refractivity contribution in [3.05, 3.63) is 41.7 Å². The van der Waals surface area contributed by atoms with Crippen LogP contribution in [0, 0.1) is 6.92 Å². The molecule has 0 bridgehead atoms. The summed E-state index contributed by atoms with van der Waals surface area (Å²) in [7, 11) is 0. The van der Waals surface area contributed by atoms with Gasteiger partial charge in [-0.3, -0.25) is 0 Å². The van der Waals surface area contributed by atoms with E-state index < -0.39 is 12.4 Å². The van der Waals surface area contributed by atoms with Crippen LogP contribution in [0.4, 0.5) is 18.9 Å². The number of imidazole rings is 1. The van der Waals surface area contributed by atoms with E-state index >= 15 is 0 Å². The predicted octanol–water partition coefficient (Wildman–Crippen LogP) is 1.71. The second-order valence-electron chi connectivity index (χ2n) is 4.07. The first-order chi connectivity index (χ1) is 8.86. The predicted molar refractivity (Wildman–Crippen MR) is 69.5 cm³/mol. The zero-order valence-electron chi connectivity index (χ0n) is 10.1. The Bertz CT molecular complexity index is 601. The topological polar surface area (TPSA) is 56.2 Å². The Morgan fingerprint density at radius 2 is 1.89 bits per heavy atom. The van der Waals surface area contributed by atoms with E-state index in [4.69, 9.17) is 5.73 Å². The van der Waals surface area contributed by atoms with Crippen LogP contribution in [0.25, 0.3) is 0 Å². The summed E-state index contributed by atoms with van der Waals surface area (Å²) in [6, 6.07) is 4.77. The summed E-state index contributed by atoms with van der Waals surface area (Å²) in [4.78, 5) is 3.95. The maximum Gasteiger partial charge on any atom is 0.509 e. The average Bonchev–Trinajstić information content (AvgIpc) is 2.65. The van der Waals surface area contributed by atoms with Crippen molar-refractivity contribution in [3.8, 4) is 0 Å². The molecule has 1 aromatic carbocycles. The molecule has 1 aromatic heterocycles. The first kappa shape index (κ1) is 13.2. The molecule has 0 saturated heterocycles. The molecular weight excluding hydrogens is 256 g/mol. The van der Waals surface area contributed by atoms with Gasteiger partial charge in [-0.2, -0.15) is 5.10 Å². The zero-order chi connectivity index (χ0) is 14.0. The minimum absolute atomic E-state index is 0.226. The average molecular weight is 267 g/mol. The number of nitrogens with zero attached hydrogens (tertiary/aromatic N) is 3. The summed E-state index contributed by atoms with van der Waals surface area (Å²) >= 11 is 0. The molecule has 0 saturated carbocycles. The summed E-state index contributed by atoms with van der Waals surface area (Å²) in [6.07, 6.45) is 3.05. The van der Waals surface area contributed by atoms with Gasteiger partial charge in [0, 0.05) is 0 Å². The van der Waals surface area contributed by atoms with Crippen LogP contribution in [-0.2, 0) is 0 Å². The minimum atomic E-state index is -4.96. The Kier molecular flexibility index (Phi) is 3.33. The van der Waals surface area contributed by atoms with Crippen LogP contribution >= 0.6 is 0 Å². The monoisotopic (exact) mass is 267 g/mol. The van der Waals surface area contributed by atoms with Crippen molar-refractivity contribution >= 4 is 24.6 Å². The highest BCUT2D eigenvalue weighted by molar-refractivity contribution is 6.73. The van der Waals surface area contributed by atoms with Crippen LogP contribution in [0.2, 0.25) is 0 Å². The van der Waals surface area contributed by atoms with E-state index in [1.807, 2.05) is 0 Å². The van der Waals surface area contributed by atoms with Crippen molar-refractivity contribution in [1.29, 1.82) is 0 Å². The lowest BCUT2D eigenvalue weighted by molar-refractivity contribution is 0.501. The third-order valence-electron chi connectivity index (χ3n) is 2.48. The molecule has 0 fully saturated rings. The second-order valence-corrected chi connectivity index (χ2v) is 4.07. The SMILES string of the molecule is Cc1cn(N=Cc2ccc([B-](F)(F)F)cc2)c(N)n1. The largest absolute Gasteiger partial charge is 0.509 e. The van der Waals surface area contributed by atoms with Gasteiger partial charge < -0.3 is 18.7 Å². The number of halogens is 3. The molecule has 100 valence electrons. The van der Waals surface area contributed by atoms with E-state index in [2.05, 4.69) is 10.1 Å². The first-order valence-corrected chi connectivity index (χ1v) is 5.52. The van der Waals surface area contributed by atoms with Gasteiger partial charge in [-0.1, -0.05) is 24.3 Å². The molecular formula is C11H11BF3N4-. The fourth-order valence-corrected chi connectivity index (χ4v) is 1.53. The lowest BCUT2D eigenvalue weighted by atomic mass is 9.80. The Labute approximate surface area is 107 Å². The van der Waals surface area contributed by atoms with Gasteiger partial charge in [0.15, 0.2) is 0 Å². The highest BCUT2D eigenvalue weighted by atomic mass is 19.4. The van der Waals surface area contributed by atoms with Crippen molar-refractivity contribution in [2.24, 2.45) is 5.10 Å². The molecule has 2 aromatic rings.